The Labute approximate surface area is 187 Å². The molecule has 0 aromatic heterocycles. The summed E-state index contributed by atoms with van der Waals surface area (Å²) < 4.78 is 12.4. The highest BCUT2D eigenvalue weighted by Gasteiger charge is 2.34. The van der Waals surface area contributed by atoms with Gasteiger partial charge in [-0.05, 0) is 49.3 Å². The van der Waals surface area contributed by atoms with Crippen molar-refractivity contribution in [2.75, 3.05) is 26.2 Å². The standard InChI is InChI=1S/C22H38BrNO3Si2/c1-28(2,3)14-12-24-11-10-20(18-8-7-9-19(23)16-18)21(17-24)27-22(25)26-13-15-29(4,5)6/h7-9,16,20-21H,10-15,17H2,1-6H3. The van der Waals surface area contributed by atoms with E-state index in [1.807, 2.05) is 6.07 Å². The van der Waals surface area contributed by atoms with E-state index in [2.05, 4.69) is 78.3 Å². The molecule has 1 heterocycles. The summed E-state index contributed by atoms with van der Waals surface area (Å²) in [5.41, 5.74) is 1.23. The molecule has 0 saturated carbocycles. The Hall–Kier alpha value is -0.636. The number of benzene rings is 1. The quantitative estimate of drug-likeness (QED) is 0.304. The SMILES string of the molecule is C[Si](C)(C)CCOC(=O)OC1CN(CC[Si](C)(C)C)CCC1c1cccc(Br)c1. The molecule has 4 nitrogen and oxygen atoms in total. The molecule has 2 atom stereocenters. The molecule has 7 heteroatoms. The maximum atomic E-state index is 12.4. The number of piperidine rings is 1. The highest BCUT2D eigenvalue weighted by Crippen LogP contribution is 2.32. The molecule has 164 valence electrons. The van der Waals surface area contributed by atoms with Gasteiger partial charge in [-0.15, -0.1) is 0 Å². The van der Waals surface area contributed by atoms with Crippen LogP contribution in [0.3, 0.4) is 0 Å². The van der Waals surface area contributed by atoms with E-state index in [9.17, 15) is 4.79 Å². The molecule has 1 aromatic carbocycles. The van der Waals surface area contributed by atoms with Crippen LogP contribution in [0.25, 0.3) is 0 Å². The Morgan fingerprint density at radius 1 is 1.14 bits per heavy atom. The zero-order chi connectivity index (χ0) is 21.7. The lowest BCUT2D eigenvalue weighted by Gasteiger charge is -2.38. The zero-order valence-corrected chi connectivity index (χ0v) is 22.5. The van der Waals surface area contributed by atoms with Gasteiger partial charge in [0.15, 0.2) is 0 Å². The minimum atomic E-state index is -1.23. The highest BCUT2D eigenvalue weighted by atomic mass is 79.9. The summed E-state index contributed by atoms with van der Waals surface area (Å²) in [6, 6.07) is 10.6. The van der Waals surface area contributed by atoms with Crippen LogP contribution in [-0.4, -0.2) is 59.5 Å². The molecule has 0 bridgehead atoms. The second-order valence-electron chi connectivity index (χ2n) is 10.6. The molecule has 2 unspecified atom stereocenters. The van der Waals surface area contributed by atoms with Gasteiger partial charge in [0.05, 0.1) is 6.61 Å². The van der Waals surface area contributed by atoms with E-state index in [0.29, 0.717) is 6.61 Å². The van der Waals surface area contributed by atoms with E-state index >= 15 is 0 Å². The van der Waals surface area contributed by atoms with E-state index in [4.69, 9.17) is 9.47 Å². The van der Waals surface area contributed by atoms with E-state index in [0.717, 1.165) is 36.6 Å². The van der Waals surface area contributed by atoms with E-state index in [1.165, 1.54) is 11.6 Å². The summed E-state index contributed by atoms with van der Waals surface area (Å²) in [7, 11) is -2.33. The lowest BCUT2D eigenvalue weighted by atomic mass is 9.87. The molecule has 0 spiro atoms. The molecule has 1 aromatic rings. The Morgan fingerprint density at radius 3 is 2.45 bits per heavy atom. The monoisotopic (exact) mass is 499 g/mol. The average molecular weight is 501 g/mol. The van der Waals surface area contributed by atoms with Crippen molar-refractivity contribution in [1.82, 2.24) is 4.90 Å². The van der Waals surface area contributed by atoms with Crippen LogP contribution in [0.1, 0.15) is 17.9 Å². The second kappa shape index (κ2) is 10.6. The largest absolute Gasteiger partial charge is 0.508 e. The number of rotatable bonds is 8. The van der Waals surface area contributed by atoms with Crippen molar-refractivity contribution in [3.05, 3.63) is 34.3 Å². The Balaban J connectivity index is 2.03. The number of nitrogens with zero attached hydrogens (tertiary/aromatic N) is 1. The first-order valence-electron chi connectivity index (χ1n) is 10.7. The van der Waals surface area contributed by atoms with Crippen molar-refractivity contribution in [2.24, 2.45) is 0 Å². The van der Waals surface area contributed by atoms with E-state index < -0.39 is 22.3 Å². The summed E-state index contributed by atoms with van der Waals surface area (Å²) in [4.78, 5) is 14.9. The third kappa shape index (κ3) is 9.36. The topological polar surface area (TPSA) is 38.8 Å². The zero-order valence-electron chi connectivity index (χ0n) is 19.0. The maximum Gasteiger partial charge on any atom is 0.508 e. The van der Waals surface area contributed by atoms with Crippen molar-refractivity contribution in [3.8, 4) is 0 Å². The lowest BCUT2D eigenvalue weighted by molar-refractivity contribution is -0.0126. The number of hydrogen-bond acceptors (Lipinski definition) is 4. The minimum Gasteiger partial charge on any atom is -0.435 e. The van der Waals surface area contributed by atoms with Crippen molar-refractivity contribution in [1.29, 1.82) is 0 Å². The van der Waals surface area contributed by atoms with Gasteiger partial charge in [0.2, 0.25) is 0 Å². The maximum absolute atomic E-state index is 12.4. The minimum absolute atomic E-state index is 0.168. The fourth-order valence-corrected chi connectivity index (χ4v) is 5.63. The van der Waals surface area contributed by atoms with Crippen molar-refractivity contribution >= 4 is 38.2 Å². The smallest absolute Gasteiger partial charge is 0.435 e. The number of ether oxygens (including phenoxy) is 2. The Bertz CT molecular complexity index is 673. The van der Waals surface area contributed by atoms with Crippen LogP contribution in [0.15, 0.2) is 28.7 Å². The third-order valence-corrected chi connectivity index (χ3v) is 9.34. The van der Waals surface area contributed by atoms with Gasteiger partial charge < -0.3 is 9.47 Å². The third-order valence-electron chi connectivity index (χ3n) is 5.42. The summed E-state index contributed by atoms with van der Waals surface area (Å²) in [6.07, 6.45) is 0.314. The van der Waals surface area contributed by atoms with Gasteiger partial charge in [-0.2, -0.15) is 0 Å². The first-order chi connectivity index (χ1) is 13.4. The van der Waals surface area contributed by atoms with Gasteiger partial charge in [0.25, 0.3) is 0 Å². The highest BCUT2D eigenvalue weighted by molar-refractivity contribution is 9.10. The molecular weight excluding hydrogens is 462 g/mol. The summed E-state index contributed by atoms with van der Waals surface area (Å²) >= 11 is 3.58. The molecule has 1 fully saturated rings. The molecule has 0 N–H and O–H groups in total. The van der Waals surface area contributed by atoms with Gasteiger partial charge in [0, 0.05) is 33.1 Å². The second-order valence-corrected chi connectivity index (χ2v) is 22.8. The molecule has 1 aliphatic heterocycles. The molecule has 29 heavy (non-hydrogen) atoms. The average Bonchev–Trinajstić information content (AvgIpc) is 2.58. The lowest BCUT2D eigenvalue weighted by Crippen LogP contribution is -2.46. The number of halogens is 1. The summed E-state index contributed by atoms with van der Waals surface area (Å²) in [5.74, 6) is 0.208. The van der Waals surface area contributed by atoms with Gasteiger partial charge in [-0.25, -0.2) is 4.79 Å². The fourth-order valence-electron chi connectivity index (χ4n) is 3.51. The molecule has 1 saturated heterocycles. The van der Waals surface area contributed by atoms with E-state index in [-0.39, 0.29) is 12.0 Å². The predicted molar refractivity (Wildman–Crippen MR) is 130 cm³/mol. The van der Waals surface area contributed by atoms with Crippen molar-refractivity contribution < 1.29 is 14.3 Å². The molecule has 0 amide bonds. The number of carbonyl (C=O) groups is 1. The van der Waals surface area contributed by atoms with E-state index in [1.54, 1.807) is 0 Å². The summed E-state index contributed by atoms with van der Waals surface area (Å²) in [5, 5.41) is 0. The Kier molecular flexibility index (Phi) is 9.00. The Morgan fingerprint density at radius 2 is 1.83 bits per heavy atom. The molecule has 2 rings (SSSR count). The van der Waals surface area contributed by atoms with Gasteiger partial charge in [-0.1, -0.05) is 67.3 Å². The van der Waals surface area contributed by atoms with Gasteiger partial charge in [-0.3, -0.25) is 4.90 Å². The van der Waals surface area contributed by atoms with Crippen LogP contribution in [-0.2, 0) is 9.47 Å². The van der Waals surface area contributed by atoms with Crippen LogP contribution >= 0.6 is 15.9 Å². The van der Waals surface area contributed by atoms with Crippen LogP contribution in [0.4, 0.5) is 4.79 Å². The number of hydrogen-bond donors (Lipinski definition) is 0. The number of likely N-dealkylation sites (tertiary alicyclic amines) is 1. The summed E-state index contributed by atoms with van der Waals surface area (Å²) in [6.45, 7) is 17.4. The van der Waals surface area contributed by atoms with Crippen molar-refractivity contribution in [2.45, 2.75) is 69.8 Å². The molecule has 0 radical (unpaired) electrons. The first-order valence-corrected chi connectivity index (χ1v) is 18.9. The van der Waals surface area contributed by atoms with Crippen LogP contribution in [0.5, 0.6) is 0 Å². The van der Waals surface area contributed by atoms with Gasteiger partial charge in [0.1, 0.15) is 6.10 Å². The number of carbonyl (C=O) groups excluding carboxylic acids is 1. The fraction of sp³-hybridized carbons (Fsp3) is 0.682. The van der Waals surface area contributed by atoms with Crippen LogP contribution in [0, 0.1) is 0 Å². The predicted octanol–water partition coefficient (Wildman–Crippen LogP) is 6.44. The molecule has 0 aliphatic carbocycles. The van der Waals surface area contributed by atoms with Gasteiger partial charge >= 0.3 is 6.16 Å². The molecule has 1 aliphatic rings. The first kappa shape index (κ1) is 24.6. The van der Waals surface area contributed by atoms with Crippen LogP contribution in [0.2, 0.25) is 51.4 Å². The van der Waals surface area contributed by atoms with Crippen LogP contribution < -0.4 is 0 Å². The normalized spacial score (nSPS) is 21.1. The van der Waals surface area contributed by atoms with Crippen molar-refractivity contribution in [3.63, 3.8) is 0 Å². The molecular formula is C22H38BrNO3Si2.